The number of benzene rings is 1. The van der Waals surface area contributed by atoms with Crippen molar-refractivity contribution < 1.29 is 5.11 Å². The molecule has 106 valence electrons. The summed E-state index contributed by atoms with van der Waals surface area (Å²) < 4.78 is 3.56. The Morgan fingerprint density at radius 3 is 2.85 bits per heavy atom. The lowest BCUT2D eigenvalue weighted by atomic mass is 10.2. The largest absolute Gasteiger partial charge is 0.506 e. The summed E-state index contributed by atoms with van der Waals surface area (Å²) in [5.41, 5.74) is 1.77. The Kier molecular flexibility index (Phi) is 5.17. The Bertz CT molecular complexity index is 719. The number of phenols is 1. The number of aromatic hydroxyl groups is 1. The minimum atomic E-state index is 0.151. The molecule has 0 radical (unpaired) electrons. The van der Waals surface area contributed by atoms with E-state index in [1.54, 1.807) is 29.7 Å². The van der Waals surface area contributed by atoms with Crippen molar-refractivity contribution in [2.24, 2.45) is 10.2 Å². The zero-order valence-corrected chi connectivity index (χ0v) is 15.0. The molecule has 0 bridgehead atoms. The van der Waals surface area contributed by atoms with Gasteiger partial charge in [-0.3, -0.25) is 0 Å². The molecular weight excluding hydrogens is 406 g/mol. The van der Waals surface area contributed by atoms with E-state index in [2.05, 4.69) is 53.6 Å². The Morgan fingerprint density at radius 1 is 1.40 bits per heavy atom. The number of hydrogen-bond donors (Lipinski definition) is 1. The highest BCUT2D eigenvalue weighted by Gasteiger charge is 2.05. The van der Waals surface area contributed by atoms with E-state index in [1.807, 2.05) is 12.3 Å². The van der Waals surface area contributed by atoms with Crippen molar-refractivity contribution in [2.75, 3.05) is 0 Å². The van der Waals surface area contributed by atoms with Crippen molar-refractivity contribution in [3.8, 4) is 5.75 Å². The molecule has 2 aromatic rings. The van der Waals surface area contributed by atoms with E-state index in [0.29, 0.717) is 10.0 Å². The smallest absolute Gasteiger partial charge is 0.210 e. The summed E-state index contributed by atoms with van der Waals surface area (Å²) >= 11 is 8.21. The van der Waals surface area contributed by atoms with E-state index in [4.69, 9.17) is 0 Å². The van der Waals surface area contributed by atoms with Crippen LogP contribution in [0.3, 0.4) is 0 Å². The van der Waals surface area contributed by atoms with Gasteiger partial charge < -0.3 is 9.67 Å². The van der Waals surface area contributed by atoms with Crippen LogP contribution in [-0.2, 0) is 6.54 Å². The van der Waals surface area contributed by atoms with Crippen LogP contribution in [0, 0.1) is 6.92 Å². The number of aryl methyl sites for hydroxylation is 1. The first-order valence-corrected chi connectivity index (χ1v) is 8.39. The molecule has 0 aliphatic carbocycles. The fraction of sp³-hybridized carbons (Fsp3) is 0.231. The summed E-state index contributed by atoms with van der Waals surface area (Å²) in [4.78, 5) is 0.842. The SMILES string of the molecule is CCn1c(C)cs/c1=N/N=C/c1cc(Br)cc(Br)c1O. The van der Waals surface area contributed by atoms with Crippen LogP contribution >= 0.6 is 43.2 Å². The maximum Gasteiger partial charge on any atom is 0.210 e. The highest BCUT2D eigenvalue weighted by atomic mass is 79.9. The van der Waals surface area contributed by atoms with E-state index >= 15 is 0 Å². The third-order valence-electron chi connectivity index (χ3n) is 2.71. The van der Waals surface area contributed by atoms with Crippen LogP contribution in [0.1, 0.15) is 18.2 Å². The Hall–Kier alpha value is -0.920. The van der Waals surface area contributed by atoms with Gasteiger partial charge in [-0.1, -0.05) is 15.9 Å². The molecule has 1 aromatic heterocycles. The van der Waals surface area contributed by atoms with E-state index in [9.17, 15) is 5.11 Å². The zero-order chi connectivity index (χ0) is 14.7. The molecule has 0 saturated carbocycles. The van der Waals surface area contributed by atoms with Crippen molar-refractivity contribution >= 4 is 49.4 Å². The fourth-order valence-corrected chi connectivity index (χ4v) is 3.86. The van der Waals surface area contributed by atoms with Crippen LogP contribution in [-0.4, -0.2) is 15.9 Å². The molecule has 0 unspecified atom stereocenters. The summed E-state index contributed by atoms with van der Waals surface area (Å²) in [5, 5.41) is 20.2. The van der Waals surface area contributed by atoms with Crippen molar-refractivity contribution in [1.82, 2.24) is 4.57 Å². The Balaban J connectivity index is 2.35. The van der Waals surface area contributed by atoms with Gasteiger partial charge in [-0.25, -0.2) is 0 Å². The molecule has 7 heteroatoms. The standard InChI is InChI=1S/C13H13Br2N3OS/c1-3-18-8(2)7-20-13(18)17-16-6-9-4-10(14)5-11(15)12(9)19/h4-7,19H,3H2,1-2H3/b16-6+,17-13+. The first-order valence-electron chi connectivity index (χ1n) is 5.93. The Morgan fingerprint density at radius 2 is 2.15 bits per heavy atom. The average molecular weight is 419 g/mol. The molecule has 1 heterocycles. The van der Waals surface area contributed by atoms with E-state index in [1.165, 1.54) is 5.69 Å². The highest BCUT2D eigenvalue weighted by molar-refractivity contribution is 9.11. The van der Waals surface area contributed by atoms with Gasteiger partial charge in [0.1, 0.15) is 5.75 Å². The zero-order valence-electron chi connectivity index (χ0n) is 11.0. The Labute approximate surface area is 137 Å². The molecule has 0 amide bonds. The first-order chi connectivity index (χ1) is 9.52. The van der Waals surface area contributed by atoms with Gasteiger partial charge in [0, 0.05) is 27.7 Å². The highest BCUT2D eigenvalue weighted by Crippen LogP contribution is 2.30. The molecule has 0 fully saturated rings. The summed E-state index contributed by atoms with van der Waals surface area (Å²) in [6.45, 7) is 4.97. The molecule has 0 aliphatic rings. The number of aromatic nitrogens is 1. The quantitative estimate of drug-likeness (QED) is 0.593. The third kappa shape index (κ3) is 3.39. The van der Waals surface area contributed by atoms with Crippen molar-refractivity contribution in [2.45, 2.75) is 20.4 Å². The number of hydrogen-bond acceptors (Lipinski definition) is 4. The lowest BCUT2D eigenvalue weighted by Gasteiger charge is -2.01. The molecule has 0 spiro atoms. The lowest BCUT2D eigenvalue weighted by molar-refractivity contribution is 0.471. The normalized spacial score (nSPS) is 12.5. The van der Waals surface area contributed by atoms with Gasteiger partial charge in [0.2, 0.25) is 4.80 Å². The monoisotopic (exact) mass is 417 g/mol. The van der Waals surface area contributed by atoms with Gasteiger partial charge in [0.15, 0.2) is 0 Å². The van der Waals surface area contributed by atoms with Crippen LogP contribution in [0.5, 0.6) is 5.75 Å². The maximum absolute atomic E-state index is 9.92. The molecule has 0 atom stereocenters. The predicted molar refractivity (Wildman–Crippen MR) is 89.4 cm³/mol. The van der Waals surface area contributed by atoms with Gasteiger partial charge in [-0.05, 0) is 41.9 Å². The second-order valence-electron chi connectivity index (χ2n) is 4.07. The molecule has 0 saturated heterocycles. The summed E-state index contributed by atoms with van der Waals surface area (Å²) in [6, 6.07) is 3.56. The predicted octanol–water partition coefficient (Wildman–Crippen LogP) is 4.04. The van der Waals surface area contributed by atoms with E-state index in [-0.39, 0.29) is 5.75 Å². The number of halogens is 2. The first kappa shape index (κ1) is 15.5. The number of rotatable bonds is 3. The van der Waals surface area contributed by atoms with Crippen molar-refractivity contribution in [3.05, 3.63) is 42.5 Å². The second kappa shape index (κ2) is 6.69. The van der Waals surface area contributed by atoms with Gasteiger partial charge >= 0.3 is 0 Å². The second-order valence-corrected chi connectivity index (χ2v) is 6.68. The number of nitrogens with zero attached hydrogens (tertiary/aromatic N) is 3. The minimum Gasteiger partial charge on any atom is -0.506 e. The minimum absolute atomic E-state index is 0.151. The summed E-state index contributed by atoms with van der Waals surface area (Å²) in [5.74, 6) is 0.151. The van der Waals surface area contributed by atoms with Gasteiger partial charge in [-0.2, -0.15) is 5.10 Å². The third-order valence-corrected chi connectivity index (χ3v) is 4.74. The van der Waals surface area contributed by atoms with E-state index < -0.39 is 0 Å². The van der Waals surface area contributed by atoms with Gasteiger partial charge in [-0.15, -0.1) is 16.4 Å². The maximum atomic E-state index is 9.92. The molecule has 1 aromatic carbocycles. The molecule has 20 heavy (non-hydrogen) atoms. The fourth-order valence-electron chi connectivity index (χ4n) is 1.70. The van der Waals surface area contributed by atoms with Crippen LogP contribution < -0.4 is 4.80 Å². The average Bonchev–Trinajstić information content (AvgIpc) is 2.75. The van der Waals surface area contributed by atoms with Crippen LogP contribution in [0.15, 0.2) is 36.7 Å². The van der Waals surface area contributed by atoms with E-state index in [0.717, 1.165) is 15.8 Å². The molecular formula is C13H13Br2N3OS. The van der Waals surface area contributed by atoms with Crippen LogP contribution in [0.4, 0.5) is 0 Å². The molecule has 0 aliphatic heterocycles. The van der Waals surface area contributed by atoms with Crippen molar-refractivity contribution in [1.29, 1.82) is 0 Å². The van der Waals surface area contributed by atoms with Gasteiger partial charge in [0.05, 0.1) is 10.7 Å². The molecule has 2 rings (SSSR count). The summed E-state index contributed by atoms with van der Waals surface area (Å²) in [7, 11) is 0. The van der Waals surface area contributed by atoms with Crippen LogP contribution in [0.25, 0.3) is 0 Å². The topological polar surface area (TPSA) is 49.9 Å². The molecule has 1 N–H and O–H groups in total. The lowest BCUT2D eigenvalue weighted by Crippen LogP contribution is -2.14. The molecule has 4 nitrogen and oxygen atoms in total. The van der Waals surface area contributed by atoms with Gasteiger partial charge in [0.25, 0.3) is 0 Å². The number of thiazole rings is 1. The number of phenolic OH excluding ortho intramolecular Hbond substituents is 1. The van der Waals surface area contributed by atoms with Crippen molar-refractivity contribution in [3.63, 3.8) is 0 Å². The van der Waals surface area contributed by atoms with Crippen LogP contribution in [0.2, 0.25) is 0 Å². The summed E-state index contributed by atoms with van der Waals surface area (Å²) in [6.07, 6.45) is 1.54.